The van der Waals surface area contributed by atoms with Gasteiger partial charge in [-0.3, -0.25) is 4.79 Å². The molecule has 2 atom stereocenters. The third-order valence-electron chi connectivity index (χ3n) is 6.24. The number of Topliss-reactive ketones (excluding diaryl/α,β-unsaturated/α-hetero) is 1. The van der Waals surface area contributed by atoms with Crippen molar-refractivity contribution in [2.45, 2.75) is 142 Å². The zero-order valence-electron chi connectivity index (χ0n) is 24.7. The summed E-state index contributed by atoms with van der Waals surface area (Å²) >= 11 is 0. The molecule has 5 heteroatoms. The average Bonchev–Trinajstić information content (AvgIpc) is 2.50. The van der Waals surface area contributed by atoms with Crippen LogP contribution in [0.4, 0.5) is 0 Å². The minimum Gasteiger partial charge on any atom is -0.414 e. The summed E-state index contributed by atoms with van der Waals surface area (Å²) in [7, 11) is -4.00. The first-order chi connectivity index (χ1) is 13.9. The van der Waals surface area contributed by atoms with E-state index >= 15 is 0 Å². The lowest BCUT2D eigenvalue weighted by Crippen LogP contribution is -2.43. The molecule has 0 rings (SSSR count). The predicted octanol–water partition coefficient (Wildman–Crippen LogP) is 7.72. The maximum Gasteiger partial charge on any atom is 0.192 e. The highest BCUT2D eigenvalue weighted by atomic mass is 28.4. The van der Waals surface area contributed by atoms with E-state index in [4.69, 9.17) is 14.3 Å². The lowest BCUT2D eigenvalue weighted by molar-refractivity contribution is -0.119. The molecule has 0 bridgehead atoms. The van der Waals surface area contributed by atoms with Crippen LogP contribution >= 0.6 is 0 Å². The number of rotatable bonds is 12. The normalized spacial score (nSPS) is 19.3. The zero-order chi connectivity index (χ0) is 26.0. The number of ketones is 1. The average molecular weight is 435 g/mol. The van der Waals surface area contributed by atoms with Crippen molar-refractivity contribution in [1.82, 2.24) is 0 Å². The topological polar surface area (TPSA) is 35.5 Å². The van der Waals surface area contributed by atoms with Crippen molar-refractivity contribution in [2.75, 3.05) is 0 Å². The fourth-order valence-electron chi connectivity index (χ4n) is 2.37. The van der Waals surface area contributed by atoms with E-state index in [2.05, 4.69) is 67.7 Å². The van der Waals surface area contributed by atoms with Crippen LogP contribution in [0.1, 0.15) is 99.3 Å². The van der Waals surface area contributed by atoms with Gasteiger partial charge in [-0.2, -0.15) is 0 Å². The van der Waals surface area contributed by atoms with Crippen LogP contribution in [-0.2, 0) is 13.6 Å². The summed E-state index contributed by atoms with van der Waals surface area (Å²) in [6.45, 7) is 25.2. The van der Waals surface area contributed by atoms with Crippen LogP contribution < -0.4 is 0 Å². The van der Waals surface area contributed by atoms with Crippen molar-refractivity contribution in [2.24, 2.45) is 0 Å². The van der Waals surface area contributed by atoms with E-state index in [0.717, 1.165) is 0 Å². The molecule has 0 amide bonds. The van der Waals surface area contributed by atoms with Crippen LogP contribution in [0.3, 0.4) is 0 Å². The second kappa shape index (κ2) is 10.9. The third-order valence-corrected chi connectivity index (χ3v) is 15.4. The molecule has 0 fully saturated rings. The summed E-state index contributed by atoms with van der Waals surface area (Å²) in [5.41, 5.74) is 0. The molecular weight excluding hydrogens is 380 g/mol. The highest BCUT2D eigenvalue weighted by molar-refractivity contribution is 6.74. The number of hydrogen-bond acceptors (Lipinski definition) is 3. The van der Waals surface area contributed by atoms with Crippen molar-refractivity contribution >= 4 is 22.4 Å². The van der Waals surface area contributed by atoms with Gasteiger partial charge < -0.3 is 8.85 Å². The molecule has 0 aliphatic carbocycles. The van der Waals surface area contributed by atoms with Crippen LogP contribution in [0.5, 0.6) is 0 Å². The Hall–Kier alpha value is 0.0238. The molecule has 0 saturated heterocycles. The molecule has 28 heavy (non-hydrogen) atoms. The first-order valence-corrected chi connectivity index (χ1v) is 16.6. The summed E-state index contributed by atoms with van der Waals surface area (Å²) in [4.78, 5) is 12.7. The maximum atomic E-state index is 12.7. The Morgan fingerprint density at radius 2 is 1.25 bits per heavy atom. The quantitative estimate of drug-likeness (QED) is 0.295. The molecule has 0 heterocycles. The Kier molecular flexibility index (Phi) is 8.26. The molecule has 0 aliphatic rings. The monoisotopic (exact) mass is 434 g/mol. The van der Waals surface area contributed by atoms with Crippen LogP contribution in [0, 0.1) is 0 Å². The second-order valence-electron chi connectivity index (χ2n) is 11.2. The lowest BCUT2D eigenvalue weighted by Gasteiger charge is -2.38. The number of hydrogen-bond donors (Lipinski definition) is 0. The predicted molar refractivity (Wildman–Crippen MR) is 128 cm³/mol. The minimum absolute atomic E-state index is 0.00911. The molecule has 0 aromatic carbocycles. The van der Waals surface area contributed by atoms with Gasteiger partial charge in [0.2, 0.25) is 0 Å². The highest BCUT2D eigenvalue weighted by Crippen LogP contribution is 2.38. The van der Waals surface area contributed by atoms with Crippen molar-refractivity contribution in [1.29, 1.82) is 0 Å². The molecular formula is C23H50O3Si2. The molecule has 168 valence electrons. The number of carbonyl (C=O) groups excluding carboxylic acids is 1. The lowest BCUT2D eigenvalue weighted by atomic mass is 10.1. The molecule has 0 aliphatic heterocycles. The molecule has 0 aromatic rings. The summed E-state index contributed by atoms with van der Waals surface area (Å²) in [6, 6.07) is 0. The second-order valence-corrected chi connectivity index (χ2v) is 20.7. The molecule has 2 unspecified atom stereocenters. The Morgan fingerprint density at radius 3 is 1.64 bits per heavy atom. The summed E-state index contributed by atoms with van der Waals surface area (Å²) in [5, 5.41) is 0.0831. The third kappa shape index (κ3) is 10.2. The summed E-state index contributed by atoms with van der Waals surface area (Å²) in [5.74, 6) is -0.679. The van der Waals surface area contributed by atoms with Crippen LogP contribution in [0.2, 0.25) is 36.3 Å². The molecule has 0 saturated carbocycles. The van der Waals surface area contributed by atoms with E-state index < -0.39 is 41.3 Å². The van der Waals surface area contributed by atoms with Crippen LogP contribution in [0.15, 0.2) is 0 Å². The number of carbonyl (C=O) groups is 1. The molecule has 3 nitrogen and oxygen atoms in total. The van der Waals surface area contributed by atoms with Crippen LogP contribution in [0.25, 0.3) is 0 Å². The largest absolute Gasteiger partial charge is 0.414 e. The fourth-order valence-corrected chi connectivity index (χ4v) is 5.29. The van der Waals surface area contributed by atoms with Gasteiger partial charge in [-0.25, -0.2) is 0 Å². The van der Waals surface area contributed by atoms with Gasteiger partial charge in [0, 0.05) is 30.5 Å². The van der Waals surface area contributed by atoms with Crippen molar-refractivity contribution in [3.63, 3.8) is 0 Å². The van der Waals surface area contributed by atoms with Crippen molar-refractivity contribution < 1.29 is 19.1 Å². The first kappa shape index (κ1) is 21.3. The Morgan fingerprint density at radius 1 is 0.857 bits per heavy atom. The maximum absolute atomic E-state index is 12.7. The Labute approximate surface area is 184 Å². The highest BCUT2D eigenvalue weighted by Gasteiger charge is 2.39. The van der Waals surface area contributed by atoms with Crippen molar-refractivity contribution in [3.05, 3.63) is 0 Å². The molecule has 0 aromatic heterocycles. The Bertz CT molecular complexity index is 624. The smallest absolute Gasteiger partial charge is 0.192 e. The fraction of sp³-hybridized carbons (Fsp3) is 0.957. The van der Waals surface area contributed by atoms with E-state index in [1.165, 1.54) is 0 Å². The van der Waals surface area contributed by atoms with E-state index in [0.29, 0.717) is 12.8 Å². The minimum atomic E-state index is -2.55. The first-order valence-electron chi connectivity index (χ1n) is 12.8. The van der Waals surface area contributed by atoms with E-state index in [9.17, 15) is 4.79 Å². The van der Waals surface area contributed by atoms with Gasteiger partial charge in [0.25, 0.3) is 0 Å². The van der Waals surface area contributed by atoms with Crippen LogP contribution in [-0.4, -0.2) is 34.6 Å². The van der Waals surface area contributed by atoms with Gasteiger partial charge in [-0.1, -0.05) is 41.5 Å². The standard InChI is InChI=1S/C23H50O3Si2/c1-19(25-27(9,10)22(3,4)5)15-13-17-21(24)18-14-16-20(2)26-28(11,12)23(6,7)8/h19-20H,13-18H2,1-12H3/i13D2,17D2. The van der Waals surface area contributed by atoms with E-state index in [1.807, 2.05) is 6.92 Å². The summed E-state index contributed by atoms with van der Waals surface area (Å²) in [6.07, 6.45) is -4.33. The zero-order valence-corrected chi connectivity index (χ0v) is 22.7. The SMILES string of the molecule is [2H]C([2H])(CC(C)O[Si](C)(C)C(C)(C)C)C([2H])([2H])C(=O)CCCC(C)O[Si](C)(C)C(C)(C)C. The van der Waals surface area contributed by atoms with Gasteiger partial charge in [-0.05, 0) is 75.7 Å². The van der Waals surface area contributed by atoms with Gasteiger partial charge in [0.1, 0.15) is 5.78 Å². The molecule has 0 spiro atoms. The van der Waals surface area contributed by atoms with Gasteiger partial charge in [0.05, 0.1) is 0 Å². The van der Waals surface area contributed by atoms with E-state index in [1.54, 1.807) is 6.92 Å². The summed E-state index contributed by atoms with van der Waals surface area (Å²) < 4.78 is 45.7. The Balaban J connectivity index is 4.94. The van der Waals surface area contributed by atoms with Gasteiger partial charge in [-0.15, -0.1) is 0 Å². The van der Waals surface area contributed by atoms with Gasteiger partial charge in [0.15, 0.2) is 16.6 Å². The van der Waals surface area contributed by atoms with Gasteiger partial charge >= 0.3 is 0 Å². The van der Waals surface area contributed by atoms with Crippen molar-refractivity contribution in [3.8, 4) is 0 Å². The molecule has 0 N–H and O–H groups in total. The molecule has 0 radical (unpaired) electrons. The van der Waals surface area contributed by atoms with E-state index in [-0.39, 0.29) is 29.0 Å².